The summed E-state index contributed by atoms with van der Waals surface area (Å²) in [5.74, 6) is -0.188. The van der Waals surface area contributed by atoms with E-state index < -0.39 is 0 Å². The molecule has 6 heteroatoms. The van der Waals surface area contributed by atoms with Gasteiger partial charge in [-0.15, -0.1) is 0 Å². The van der Waals surface area contributed by atoms with Gasteiger partial charge in [0, 0.05) is 30.2 Å². The average Bonchev–Trinajstić information content (AvgIpc) is 2.48. The van der Waals surface area contributed by atoms with E-state index in [9.17, 15) is 9.59 Å². The first-order valence-electron chi connectivity index (χ1n) is 6.89. The Kier molecular flexibility index (Phi) is 5.36. The Morgan fingerprint density at radius 3 is 2.57 bits per heavy atom. The second kappa shape index (κ2) is 7.04. The highest BCUT2D eigenvalue weighted by atomic mass is 79.9. The largest absolute Gasteiger partial charge is 0.378 e. The first-order chi connectivity index (χ1) is 9.99. The molecule has 1 aromatic rings. The van der Waals surface area contributed by atoms with Crippen LogP contribution < -0.4 is 4.90 Å². The number of nitrogens with zero attached hydrogens (tertiary/aromatic N) is 2. The molecule has 1 heterocycles. The van der Waals surface area contributed by atoms with Crippen LogP contribution in [-0.2, 0) is 14.3 Å². The zero-order chi connectivity index (χ0) is 15.4. The third-order valence-electron chi connectivity index (χ3n) is 3.49. The lowest BCUT2D eigenvalue weighted by atomic mass is 10.2. The summed E-state index contributed by atoms with van der Waals surface area (Å²) < 4.78 is 6.22. The number of aryl methyl sites for hydroxylation is 1. The maximum absolute atomic E-state index is 12.3. The summed E-state index contributed by atoms with van der Waals surface area (Å²) in [5, 5.41) is 0. The quantitative estimate of drug-likeness (QED) is 0.833. The fraction of sp³-hybridized carbons (Fsp3) is 0.467. The average molecular weight is 355 g/mol. The van der Waals surface area contributed by atoms with Gasteiger partial charge in [0.1, 0.15) is 6.54 Å². The Bertz CT molecular complexity index is 542. The lowest BCUT2D eigenvalue weighted by molar-refractivity contribution is -0.134. The lowest BCUT2D eigenvalue weighted by Crippen LogP contribution is -2.46. The van der Waals surface area contributed by atoms with Crippen LogP contribution in [0.15, 0.2) is 22.7 Å². The van der Waals surface area contributed by atoms with E-state index in [2.05, 4.69) is 15.9 Å². The maximum atomic E-state index is 12.3. The Hall–Kier alpha value is -1.40. The molecule has 0 aliphatic carbocycles. The molecule has 114 valence electrons. The van der Waals surface area contributed by atoms with Gasteiger partial charge >= 0.3 is 0 Å². The van der Waals surface area contributed by atoms with Gasteiger partial charge in [-0.05, 0) is 30.7 Å². The van der Waals surface area contributed by atoms with E-state index >= 15 is 0 Å². The number of halogens is 1. The van der Waals surface area contributed by atoms with E-state index in [1.54, 1.807) is 4.90 Å². The molecule has 2 rings (SSSR count). The van der Waals surface area contributed by atoms with Gasteiger partial charge in [0.15, 0.2) is 0 Å². The fourth-order valence-corrected chi connectivity index (χ4v) is 2.48. The number of morpholine rings is 1. The van der Waals surface area contributed by atoms with Gasteiger partial charge in [0.05, 0.1) is 13.2 Å². The van der Waals surface area contributed by atoms with Gasteiger partial charge < -0.3 is 14.5 Å². The van der Waals surface area contributed by atoms with E-state index in [4.69, 9.17) is 4.74 Å². The summed E-state index contributed by atoms with van der Waals surface area (Å²) in [6.07, 6.45) is 0. The van der Waals surface area contributed by atoms with Crippen molar-refractivity contribution in [3.05, 3.63) is 28.2 Å². The van der Waals surface area contributed by atoms with Crippen molar-refractivity contribution in [3.63, 3.8) is 0 Å². The molecule has 0 N–H and O–H groups in total. The van der Waals surface area contributed by atoms with E-state index in [-0.39, 0.29) is 18.4 Å². The highest BCUT2D eigenvalue weighted by Crippen LogP contribution is 2.23. The Morgan fingerprint density at radius 2 is 2.00 bits per heavy atom. The van der Waals surface area contributed by atoms with Crippen molar-refractivity contribution in [2.75, 3.05) is 37.7 Å². The molecular formula is C15H19BrN2O3. The summed E-state index contributed by atoms with van der Waals surface area (Å²) in [6.45, 7) is 5.79. The highest BCUT2D eigenvalue weighted by molar-refractivity contribution is 9.10. The Balaban J connectivity index is 2.13. The van der Waals surface area contributed by atoms with Crippen LogP contribution >= 0.6 is 15.9 Å². The van der Waals surface area contributed by atoms with E-state index in [1.165, 1.54) is 11.8 Å². The molecule has 0 unspecified atom stereocenters. The summed E-state index contributed by atoms with van der Waals surface area (Å²) in [7, 11) is 0. The SMILES string of the molecule is CC(=O)N(CC(=O)N1CCOCC1)c1ccc(Br)c(C)c1. The maximum Gasteiger partial charge on any atom is 0.242 e. The number of rotatable bonds is 3. The number of anilines is 1. The topological polar surface area (TPSA) is 49.9 Å². The van der Waals surface area contributed by atoms with Crippen molar-refractivity contribution in [1.29, 1.82) is 0 Å². The van der Waals surface area contributed by atoms with Crippen LogP contribution in [0.5, 0.6) is 0 Å². The minimum atomic E-state index is -0.140. The zero-order valence-corrected chi connectivity index (χ0v) is 13.9. The minimum Gasteiger partial charge on any atom is -0.378 e. The Labute approximate surface area is 133 Å². The second-order valence-corrected chi connectivity index (χ2v) is 5.89. The van der Waals surface area contributed by atoms with Gasteiger partial charge in [-0.2, -0.15) is 0 Å². The fourth-order valence-electron chi connectivity index (χ4n) is 2.23. The van der Waals surface area contributed by atoms with Crippen molar-refractivity contribution in [3.8, 4) is 0 Å². The number of amides is 2. The van der Waals surface area contributed by atoms with Crippen LogP contribution in [0.4, 0.5) is 5.69 Å². The summed E-state index contributed by atoms with van der Waals surface area (Å²) in [6, 6.07) is 5.63. The number of hydrogen-bond acceptors (Lipinski definition) is 3. The van der Waals surface area contributed by atoms with Gasteiger partial charge in [0.2, 0.25) is 11.8 Å². The molecule has 0 saturated carbocycles. The molecule has 0 radical (unpaired) electrons. The number of ether oxygens (including phenoxy) is 1. The molecule has 0 bridgehead atoms. The number of hydrogen-bond donors (Lipinski definition) is 0. The first kappa shape index (κ1) is 16.0. The van der Waals surface area contributed by atoms with Crippen LogP contribution in [0, 0.1) is 6.92 Å². The summed E-state index contributed by atoms with van der Waals surface area (Å²) in [5.41, 5.74) is 1.77. The smallest absolute Gasteiger partial charge is 0.242 e. The molecule has 21 heavy (non-hydrogen) atoms. The third kappa shape index (κ3) is 4.04. The first-order valence-corrected chi connectivity index (χ1v) is 7.68. The Morgan fingerprint density at radius 1 is 1.33 bits per heavy atom. The monoisotopic (exact) mass is 354 g/mol. The molecule has 1 saturated heterocycles. The molecule has 1 aliphatic rings. The molecule has 5 nitrogen and oxygen atoms in total. The molecule has 0 aromatic heterocycles. The van der Waals surface area contributed by atoms with Crippen LogP contribution in [-0.4, -0.2) is 49.6 Å². The van der Waals surface area contributed by atoms with E-state index in [0.717, 1.165) is 15.7 Å². The van der Waals surface area contributed by atoms with Gasteiger partial charge in [0.25, 0.3) is 0 Å². The molecule has 2 amide bonds. The van der Waals surface area contributed by atoms with Crippen molar-refractivity contribution in [2.24, 2.45) is 0 Å². The summed E-state index contributed by atoms with van der Waals surface area (Å²) >= 11 is 3.44. The number of carbonyl (C=O) groups is 2. The van der Waals surface area contributed by atoms with Crippen LogP contribution in [0.3, 0.4) is 0 Å². The normalized spacial score (nSPS) is 14.9. The standard InChI is InChI=1S/C15H19BrN2O3/c1-11-9-13(3-4-14(11)16)18(12(2)19)10-15(20)17-5-7-21-8-6-17/h3-4,9H,5-8,10H2,1-2H3. The van der Waals surface area contributed by atoms with Crippen molar-refractivity contribution in [1.82, 2.24) is 4.90 Å². The second-order valence-electron chi connectivity index (χ2n) is 5.03. The van der Waals surface area contributed by atoms with Crippen LogP contribution in [0.2, 0.25) is 0 Å². The lowest BCUT2D eigenvalue weighted by Gasteiger charge is -2.29. The van der Waals surface area contributed by atoms with Crippen molar-refractivity contribution >= 4 is 33.4 Å². The van der Waals surface area contributed by atoms with Crippen LogP contribution in [0.25, 0.3) is 0 Å². The van der Waals surface area contributed by atoms with Crippen molar-refractivity contribution < 1.29 is 14.3 Å². The zero-order valence-electron chi connectivity index (χ0n) is 12.3. The predicted molar refractivity (Wildman–Crippen MR) is 84.3 cm³/mol. The minimum absolute atomic E-state index is 0.0472. The molecule has 0 atom stereocenters. The van der Waals surface area contributed by atoms with Gasteiger partial charge in [-0.25, -0.2) is 0 Å². The molecule has 0 spiro atoms. The highest BCUT2D eigenvalue weighted by Gasteiger charge is 2.22. The third-order valence-corrected chi connectivity index (χ3v) is 4.38. The van der Waals surface area contributed by atoms with E-state index in [0.29, 0.717) is 26.3 Å². The van der Waals surface area contributed by atoms with Gasteiger partial charge in [-0.1, -0.05) is 15.9 Å². The number of carbonyl (C=O) groups excluding carboxylic acids is 2. The molecule has 1 aromatic carbocycles. The molecule has 1 aliphatic heterocycles. The molecule has 1 fully saturated rings. The van der Waals surface area contributed by atoms with Gasteiger partial charge in [-0.3, -0.25) is 9.59 Å². The molecular weight excluding hydrogens is 336 g/mol. The number of benzene rings is 1. The summed E-state index contributed by atoms with van der Waals surface area (Å²) in [4.78, 5) is 27.4. The van der Waals surface area contributed by atoms with E-state index in [1.807, 2.05) is 25.1 Å². The van der Waals surface area contributed by atoms with Crippen molar-refractivity contribution in [2.45, 2.75) is 13.8 Å². The van der Waals surface area contributed by atoms with Crippen LogP contribution in [0.1, 0.15) is 12.5 Å². The predicted octanol–water partition coefficient (Wildman–Crippen LogP) is 1.97.